The highest BCUT2D eigenvalue weighted by Crippen LogP contribution is 2.37. The lowest BCUT2D eigenvalue weighted by atomic mass is 10.2. The summed E-state index contributed by atoms with van der Waals surface area (Å²) in [6.45, 7) is 0.298. The molecule has 0 aromatic heterocycles. The maximum absolute atomic E-state index is 13.2. The second kappa shape index (κ2) is 7.71. The summed E-state index contributed by atoms with van der Waals surface area (Å²) in [6, 6.07) is 2.58. The van der Waals surface area contributed by atoms with Crippen LogP contribution in [0.5, 0.6) is 0 Å². The van der Waals surface area contributed by atoms with Gasteiger partial charge in [0.15, 0.2) is 0 Å². The Labute approximate surface area is 155 Å². The molecule has 11 heteroatoms. The summed E-state index contributed by atoms with van der Waals surface area (Å²) in [5.74, 6) is -0.158. The molecule has 0 saturated carbocycles. The maximum Gasteiger partial charge on any atom is 0.417 e. The Hall–Kier alpha value is -1.36. The van der Waals surface area contributed by atoms with Gasteiger partial charge in [0.05, 0.1) is 17.0 Å². The van der Waals surface area contributed by atoms with E-state index in [0.717, 1.165) is 16.4 Å². The summed E-state index contributed by atoms with van der Waals surface area (Å²) in [4.78, 5) is 14.4. The summed E-state index contributed by atoms with van der Waals surface area (Å²) < 4.78 is 66.0. The number of halogens is 4. The Balaban J connectivity index is 2.22. The van der Waals surface area contributed by atoms with Crippen LogP contribution in [0, 0.1) is 0 Å². The van der Waals surface area contributed by atoms with E-state index in [9.17, 15) is 26.4 Å². The van der Waals surface area contributed by atoms with E-state index in [2.05, 4.69) is 0 Å². The number of amides is 1. The molecule has 1 heterocycles. The summed E-state index contributed by atoms with van der Waals surface area (Å²) in [5.41, 5.74) is -1.30. The van der Waals surface area contributed by atoms with Crippen LogP contribution >= 0.6 is 11.6 Å². The second-order valence-corrected chi connectivity index (χ2v) is 8.50. The van der Waals surface area contributed by atoms with E-state index >= 15 is 0 Å². The van der Waals surface area contributed by atoms with Crippen molar-refractivity contribution in [2.45, 2.75) is 11.1 Å². The molecule has 1 aliphatic rings. The molecule has 1 aromatic carbocycles. The topological polar surface area (TPSA) is 60.9 Å². The molecule has 26 heavy (non-hydrogen) atoms. The number of carbonyl (C=O) groups is 1. The lowest BCUT2D eigenvalue weighted by Crippen LogP contribution is -2.52. The predicted octanol–water partition coefficient (Wildman–Crippen LogP) is 1.75. The van der Waals surface area contributed by atoms with E-state index in [1.54, 1.807) is 19.0 Å². The van der Waals surface area contributed by atoms with Crippen LogP contribution in [0.1, 0.15) is 5.56 Å². The van der Waals surface area contributed by atoms with Crippen molar-refractivity contribution in [3.8, 4) is 0 Å². The molecule has 0 unspecified atom stereocenters. The molecule has 1 aliphatic heterocycles. The number of benzene rings is 1. The van der Waals surface area contributed by atoms with Crippen LogP contribution in [0.4, 0.5) is 13.2 Å². The SMILES string of the molecule is CN(C)CC(=O)N1CCN(S(=O)(=O)c2ccc(Cl)cc2C(F)(F)F)CC1. The van der Waals surface area contributed by atoms with Gasteiger partial charge in [0.25, 0.3) is 0 Å². The monoisotopic (exact) mass is 413 g/mol. The molecule has 0 N–H and O–H groups in total. The second-order valence-electron chi connectivity index (χ2n) is 6.16. The average Bonchev–Trinajstić information content (AvgIpc) is 2.53. The molecule has 1 amide bonds. The third-order valence-corrected chi connectivity index (χ3v) is 6.10. The number of carbonyl (C=O) groups excluding carboxylic acids is 1. The van der Waals surface area contributed by atoms with Crippen molar-refractivity contribution in [2.75, 3.05) is 46.8 Å². The van der Waals surface area contributed by atoms with Gasteiger partial charge >= 0.3 is 6.18 Å². The molecule has 0 spiro atoms. The fraction of sp³-hybridized carbons (Fsp3) is 0.533. The van der Waals surface area contributed by atoms with Gasteiger partial charge in [-0.25, -0.2) is 8.42 Å². The van der Waals surface area contributed by atoms with Gasteiger partial charge in [-0.2, -0.15) is 17.5 Å². The Morgan fingerprint density at radius 3 is 2.27 bits per heavy atom. The lowest BCUT2D eigenvalue weighted by Gasteiger charge is -2.34. The van der Waals surface area contributed by atoms with Crippen molar-refractivity contribution in [3.63, 3.8) is 0 Å². The van der Waals surface area contributed by atoms with Gasteiger partial charge in [-0.05, 0) is 32.3 Å². The largest absolute Gasteiger partial charge is 0.417 e. The Morgan fingerprint density at radius 1 is 1.19 bits per heavy atom. The summed E-state index contributed by atoms with van der Waals surface area (Å²) in [7, 11) is -0.891. The first kappa shape index (κ1) is 20.9. The van der Waals surface area contributed by atoms with E-state index in [4.69, 9.17) is 11.6 Å². The van der Waals surface area contributed by atoms with Crippen molar-refractivity contribution in [3.05, 3.63) is 28.8 Å². The van der Waals surface area contributed by atoms with Crippen LogP contribution in [0.3, 0.4) is 0 Å². The van der Waals surface area contributed by atoms with Crippen LogP contribution in [0.25, 0.3) is 0 Å². The number of piperazine rings is 1. The number of alkyl halides is 3. The first-order valence-electron chi connectivity index (χ1n) is 7.72. The molecule has 0 bridgehead atoms. The third-order valence-electron chi connectivity index (χ3n) is 3.91. The van der Waals surface area contributed by atoms with E-state index in [-0.39, 0.29) is 43.7 Å². The molecule has 6 nitrogen and oxygen atoms in total. The third kappa shape index (κ3) is 4.67. The number of likely N-dealkylation sites (N-methyl/N-ethyl adjacent to an activating group) is 1. The van der Waals surface area contributed by atoms with E-state index in [1.165, 1.54) is 4.90 Å². The van der Waals surface area contributed by atoms with Gasteiger partial charge < -0.3 is 9.80 Å². The smallest absolute Gasteiger partial charge is 0.339 e. The zero-order valence-electron chi connectivity index (χ0n) is 14.3. The van der Waals surface area contributed by atoms with Crippen molar-refractivity contribution >= 4 is 27.5 Å². The van der Waals surface area contributed by atoms with Crippen LogP contribution in [0.15, 0.2) is 23.1 Å². The Kier molecular flexibility index (Phi) is 6.21. The minimum atomic E-state index is -4.85. The normalized spacial score (nSPS) is 17.0. The summed E-state index contributed by atoms with van der Waals surface area (Å²) in [5, 5.41) is -0.199. The Bertz CT molecular complexity index is 776. The van der Waals surface area contributed by atoms with Gasteiger partial charge in [-0.15, -0.1) is 0 Å². The fourth-order valence-electron chi connectivity index (χ4n) is 2.64. The molecule has 146 valence electrons. The molecule has 2 rings (SSSR count). The highest BCUT2D eigenvalue weighted by atomic mass is 35.5. The van der Waals surface area contributed by atoms with Crippen LogP contribution in [-0.4, -0.2) is 75.2 Å². The zero-order chi connectivity index (χ0) is 19.7. The summed E-state index contributed by atoms with van der Waals surface area (Å²) >= 11 is 5.60. The van der Waals surface area contributed by atoms with E-state index in [1.807, 2.05) is 0 Å². The molecule has 0 atom stereocenters. The van der Waals surface area contributed by atoms with Crippen molar-refractivity contribution in [2.24, 2.45) is 0 Å². The molecule has 0 aliphatic carbocycles. The average molecular weight is 414 g/mol. The Morgan fingerprint density at radius 2 is 1.77 bits per heavy atom. The highest BCUT2D eigenvalue weighted by Gasteiger charge is 2.40. The van der Waals surface area contributed by atoms with Crippen LogP contribution in [0.2, 0.25) is 5.02 Å². The number of rotatable bonds is 4. The highest BCUT2D eigenvalue weighted by molar-refractivity contribution is 7.89. The first-order chi connectivity index (χ1) is 11.9. The number of hydrogen-bond acceptors (Lipinski definition) is 4. The molecule has 1 aromatic rings. The maximum atomic E-state index is 13.2. The number of nitrogens with zero attached hydrogens (tertiary/aromatic N) is 3. The quantitative estimate of drug-likeness (QED) is 0.754. The number of sulfonamides is 1. The molecule has 1 fully saturated rings. The van der Waals surface area contributed by atoms with Gasteiger partial charge in [-0.1, -0.05) is 11.6 Å². The summed E-state index contributed by atoms with van der Waals surface area (Å²) in [6.07, 6.45) is -4.85. The van der Waals surface area contributed by atoms with Crippen molar-refractivity contribution in [1.29, 1.82) is 0 Å². The lowest BCUT2D eigenvalue weighted by molar-refractivity contribution is -0.139. The minimum Gasteiger partial charge on any atom is -0.339 e. The van der Waals surface area contributed by atoms with Crippen LogP contribution in [-0.2, 0) is 21.0 Å². The zero-order valence-corrected chi connectivity index (χ0v) is 15.8. The van der Waals surface area contributed by atoms with Gasteiger partial charge in [0.1, 0.15) is 0 Å². The van der Waals surface area contributed by atoms with Crippen molar-refractivity contribution < 1.29 is 26.4 Å². The predicted molar refractivity (Wildman–Crippen MR) is 90.3 cm³/mol. The standard InChI is InChI=1S/C15H19ClF3N3O3S/c1-20(2)10-14(23)21-5-7-22(8-6-21)26(24,25)13-4-3-11(16)9-12(13)15(17,18)19/h3-4,9H,5-8,10H2,1-2H3. The minimum absolute atomic E-state index is 0.0680. The molecular weight excluding hydrogens is 395 g/mol. The molecular formula is C15H19ClF3N3O3S. The number of hydrogen-bond donors (Lipinski definition) is 0. The molecule has 0 radical (unpaired) electrons. The van der Waals surface area contributed by atoms with Crippen molar-refractivity contribution in [1.82, 2.24) is 14.1 Å². The van der Waals surface area contributed by atoms with Crippen LogP contribution < -0.4 is 0 Å². The fourth-order valence-corrected chi connectivity index (χ4v) is 4.42. The van der Waals surface area contributed by atoms with Gasteiger partial charge in [0.2, 0.25) is 15.9 Å². The van der Waals surface area contributed by atoms with Gasteiger partial charge in [-0.3, -0.25) is 4.79 Å². The van der Waals surface area contributed by atoms with E-state index in [0.29, 0.717) is 6.07 Å². The van der Waals surface area contributed by atoms with E-state index < -0.39 is 26.7 Å². The molecule has 1 saturated heterocycles. The first-order valence-corrected chi connectivity index (χ1v) is 9.54. The van der Waals surface area contributed by atoms with Gasteiger partial charge in [0, 0.05) is 31.2 Å².